The van der Waals surface area contributed by atoms with Crippen LogP contribution in [0, 0.1) is 0 Å². The Morgan fingerprint density at radius 2 is 1.40 bits per heavy atom. The van der Waals surface area contributed by atoms with Crippen molar-refractivity contribution in [1.29, 1.82) is 0 Å². The molecule has 1 unspecified atom stereocenters. The van der Waals surface area contributed by atoms with Gasteiger partial charge in [-0.3, -0.25) is 4.79 Å². The molecule has 1 amide bonds. The first kappa shape index (κ1) is 32.7. The minimum atomic E-state index is -0.111. The summed E-state index contributed by atoms with van der Waals surface area (Å²) in [7, 11) is 4.68. The molecule has 0 bridgehead atoms. The minimum absolute atomic E-state index is 0.111. The summed E-state index contributed by atoms with van der Waals surface area (Å²) in [6.07, 6.45) is 3.07. The molecule has 1 atom stereocenters. The Kier molecular flexibility index (Phi) is 14.1. The van der Waals surface area contributed by atoms with Crippen molar-refractivity contribution in [2.75, 3.05) is 45.9 Å². The lowest BCUT2D eigenvalue weighted by molar-refractivity contribution is 0.0984. The lowest BCUT2D eigenvalue weighted by atomic mass is 10.0. The SMILES string of the molecule is CC.CCCN(CCCN(C(=O)c1cc(OC)c(OC)c(OC)c1)c1cccc(-c2ccccc2)c1)C(C)CC. The Bertz CT molecular complexity index is 1140. The number of benzene rings is 3. The number of hydrogen-bond donors (Lipinski definition) is 0. The van der Waals surface area contributed by atoms with Gasteiger partial charge in [0, 0.05) is 30.4 Å². The Morgan fingerprint density at radius 1 is 0.775 bits per heavy atom. The third-order valence-corrected chi connectivity index (χ3v) is 6.97. The number of hydrogen-bond acceptors (Lipinski definition) is 5. The van der Waals surface area contributed by atoms with Crippen LogP contribution >= 0.6 is 0 Å². The predicted octanol–water partition coefficient (Wildman–Crippen LogP) is 7.95. The normalized spacial score (nSPS) is 11.3. The highest BCUT2D eigenvalue weighted by molar-refractivity contribution is 6.07. The van der Waals surface area contributed by atoms with E-state index in [1.807, 2.05) is 49.1 Å². The van der Waals surface area contributed by atoms with E-state index in [2.05, 4.69) is 49.9 Å². The molecule has 0 saturated heterocycles. The molecule has 0 aliphatic carbocycles. The van der Waals surface area contributed by atoms with Gasteiger partial charge in [-0.25, -0.2) is 0 Å². The average molecular weight is 549 g/mol. The van der Waals surface area contributed by atoms with Crippen LogP contribution in [-0.4, -0.2) is 57.8 Å². The molecule has 6 heteroatoms. The lowest BCUT2D eigenvalue weighted by Gasteiger charge is -2.30. The molecule has 3 aromatic rings. The van der Waals surface area contributed by atoms with E-state index in [0.29, 0.717) is 35.4 Å². The van der Waals surface area contributed by atoms with E-state index < -0.39 is 0 Å². The molecule has 218 valence electrons. The van der Waals surface area contributed by atoms with Gasteiger partial charge in [0.15, 0.2) is 11.5 Å². The maximum absolute atomic E-state index is 14.1. The molecule has 3 rings (SSSR count). The van der Waals surface area contributed by atoms with Crippen LogP contribution in [0.4, 0.5) is 5.69 Å². The molecule has 40 heavy (non-hydrogen) atoms. The smallest absolute Gasteiger partial charge is 0.258 e. The molecule has 0 heterocycles. The second-order valence-corrected chi connectivity index (χ2v) is 9.43. The molecule has 0 radical (unpaired) electrons. The van der Waals surface area contributed by atoms with Crippen molar-refractivity contribution < 1.29 is 19.0 Å². The number of ether oxygens (including phenoxy) is 3. The second-order valence-electron chi connectivity index (χ2n) is 9.43. The Hall–Kier alpha value is -3.51. The van der Waals surface area contributed by atoms with Gasteiger partial charge in [0.05, 0.1) is 21.3 Å². The quantitative estimate of drug-likeness (QED) is 0.205. The number of anilines is 1. The van der Waals surface area contributed by atoms with Crippen LogP contribution in [0.25, 0.3) is 11.1 Å². The van der Waals surface area contributed by atoms with Gasteiger partial charge in [-0.05, 0) is 68.1 Å². The maximum atomic E-state index is 14.1. The van der Waals surface area contributed by atoms with E-state index in [9.17, 15) is 4.79 Å². The number of amides is 1. The van der Waals surface area contributed by atoms with Crippen LogP contribution in [0.5, 0.6) is 17.2 Å². The first-order chi connectivity index (χ1) is 19.5. The van der Waals surface area contributed by atoms with Crippen molar-refractivity contribution in [3.63, 3.8) is 0 Å². The third-order valence-electron chi connectivity index (χ3n) is 6.97. The second kappa shape index (κ2) is 17.2. The first-order valence-electron chi connectivity index (χ1n) is 14.5. The molecular formula is C34H48N2O4. The van der Waals surface area contributed by atoms with Gasteiger partial charge in [0.25, 0.3) is 5.91 Å². The average Bonchev–Trinajstić information content (AvgIpc) is 3.02. The Balaban J connectivity index is 0.00000274. The van der Waals surface area contributed by atoms with Crippen molar-refractivity contribution in [3.8, 4) is 28.4 Å². The van der Waals surface area contributed by atoms with Crippen molar-refractivity contribution in [1.82, 2.24) is 4.90 Å². The van der Waals surface area contributed by atoms with Crippen molar-refractivity contribution in [3.05, 3.63) is 72.3 Å². The molecule has 0 spiro atoms. The van der Waals surface area contributed by atoms with E-state index in [4.69, 9.17) is 14.2 Å². The summed E-state index contributed by atoms with van der Waals surface area (Å²) in [5.41, 5.74) is 3.52. The molecule has 3 aromatic carbocycles. The van der Waals surface area contributed by atoms with Crippen LogP contribution < -0.4 is 19.1 Å². The molecule has 0 aromatic heterocycles. The van der Waals surface area contributed by atoms with Gasteiger partial charge in [-0.1, -0.05) is 70.2 Å². The first-order valence-corrected chi connectivity index (χ1v) is 14.5. The van der Waals surface area contributed by atoms with Crippen LogP contribution in [0.3, 0.4) is 0 Å². The monoisotopic (exact) mass is 548 g/mol. The summed E-state index contributed by atoms with van der Waals surface area (Å²) in [6, 6.07) is 22.4. The summed E-state index contributed by atoms with van der Waals surface area (Å²) in [6.45, 7) is 13.3. The van der Waals surface area contributed by atoms with Crippen LogP contribution in [-0.2, 0) is 0 Å². The molecule has 6 nitrogen and oxygen atoms in total. The largest absolute Gasteiger partial charge is 0.493 e. The maximum Gasteiger partial charge on any atom is 0.258 e. The zero-order valence-corrected chi connectivity index (χ0v) is 25.7. The molecule has 0 N–H and O–H groups in total. The topological polar surface area (TPSA) is 51.2 Å². The van der Waals surface area contributed by atoms with Crippen LogP contribution in [0.2, 0.25) is 0 Å². The van der Waals surface area contributed by atoms with E-state index in [1.165, 1.54) is 0 Å². The molecule has 0 saturated carbocycles. The van der Waals surface area contributed by atoms with Gasteiger partial charge in [-0.2, -0.15) is 0 Å². The van der Waals surface area contributed by atoms with E-state index in [1.54, 1.807) is 33.5 Å². The summed E-state index contributed by atoms with van der Waals surface area (Å²) in [5, 5.41) is 0. The third kappa shape index (κ3) is 8.49. The summed E-state index contributed by atoms with van der Waals surface area (Å²) < 4.78 is 16.5. The lowest BCUT2D eigenvalue weighted by Crippen LogP contribution is -2.38. The fraction of sp³-hybridized carbons (Fsp3) is 0.441. The van der Waals surface area contributed by atoms with Crippen LogP contribution in [0.15, 0.2) is 66.7 Å². The van der Waals surface area contributed by atoms with E-state index >= 15 is 0 Å². The number of rotatable bonds is 14. The highest BCUT2D eigenvalue weighted by Gasteiger charge is 2.23. The van der Waals surface area contributed by atoms with Gasteiger partial charge in [0.1, 0.15) is 0 Å². The van der Waals surface area contributed by atoms with Gasteiger partial charge in [0.2, 0.25) is 5.75 Å². The molecular weight excluding hydrogens is 500 g/mol. The minimum Gasteiger partial charge on any atom is -0.493 e. The van der Waals surface area contributed by atoms with Gasteiger partial charge in [-0.15, -0.1) is 0 Å². The summed E-state index contributed by atoms with van der Waals surface area (Å²) in [4.78, 5) is 18.5. The van der Waals surface area contributed by atoms with Crippen molar-refractivity contribution >= 4 is 11.6 Å². The molecule has 0 fully saturated rings. The standard InChI is InChI=1S/C32H42N2O4.C2H6/c1-7-18-33(24(3)8-2)19-13-20-34(28-17-12-16-26(21-28)25-14-10-9-11-15-25)32(35)27-22-29(36-4)31(38-6)30(23-27)37-5;1-2/h9-12,14-17,21-24H,7-8,13,18-20H2,1-6H3;1-2H3. The predicted molar refractivity (Wildman–Crippen MR) is 167 cm³/mol. The molecule has 0 aliphatic rings. The number of methoxy groups -OCH3 is 3. The van der Waals surface area contributed by atoms with E-state index in [0.717, 1.165) is 49.2 Å². The van der Waals surface area contributed by atoms with Crippen LogP contribution in [0.1, 0.15) is 64.2 Å². The zero-order valence-electron chi connectivity index (χ0n) is 25.7. The van der Waals surface area contributed by atoms with Crippen molar-refractivity contribution in [2.45, 2.75) is 59.9 Å². The van der Waals surface area contributed by atoms with Crippen molar-refractivity contribution in [2.24, 2.45) is 0 Å². The van der Waals surface area contributed by atoms with Gasteiger partial charge < -0.3 is 24.0 Å². The number of carbonyl (C=O) groups is 1. The summed E-state index contributed by atoms with van der Waals surface area (Å²) >= 11 is 0. The molecule has 0 aliphatic heterocycles. The highest BCUT2D eigenvalue weighted by atomic mass is 16.5. The van der Waals surface area contributed by atoms with Gasteiger partial charge >= 0.3 is 0 Å². The zero-order chi connectivity index (χ0) is 29.5. The number of carbonyl (C=O) groups excluding carboxylic acids is 1. The fourth-order valence-electron chi connectivity index (χ4n) is 4.72. The van der Waals surface area contributed by atoms with E-state index in [-0.39, 0.29) is 5.91 Å². The highest BCUT2D eigenvalue weighted by Crippen LogP contribution is 2.39. The Labute approximate surface area is 241 Å². The summed E-state index contributed by atoms with van der Waals surface area (Å²) in [5.74, 6) is 1.27. The Morgan fingerprint density at radius 3 is 1.95 bits per heavy atom. The number of nitrogens with zero attached hydrogens (tertiary/aromatic N) is 2. The fourth-order valence-corrected chi connectivity index (χ4v) is 4.72.